The lowest BCUT2D eigenvalue weighted by Crippen LogP contribution is -2.48. The fourth-order valence-corrected chi connectivity index (χ4v) is 1.90. The SMILES string of the molecule is Cl.Cl.NC1(Cc2cccc(Cl)n2)CCC1. The second-order valence-corrected chi connectivity index (χ2v) is 4.23. The van der Waals surface area contributed by atoms with Gasteiger partial charge in [-0.25, -0.2) is 4.98 Å². The maximum atomic E-state index is 6.10. The molecular weight excluding hydrogens is 254 g/mol. The van der Waals surface area contributed by atoms with Crippen molar-refractivity contribution in [1.82, 2.24) is 4.98 Å². The number of halogens is 3. The van der Waals surface area contributed by atoms with E-state index in [4.69, 9.17) is 17.3 Å². The highest BCUT2D eigenvalue weighted by Gasteiger charge is 2.32. The van der Waals surface area contributed by atoms with Gasteiger partial charge in [0.25, 0.3) is 0 Å². The Bertz CT molecular complexity index is 313. The van der Waals surface area contributed by atoms with E-state index in [9.17, 15) is 0 Å². The van der Waals surface area contributed by atoms with Crippen LogP contribution in [-0.4, -0.2) is 10.5 Å². The molecule has 1 saturated carbocycles. The molecule has 0 radical (unpaired) electrons. The van der Waals surface area contributed by atoms with E-state index in [1.807, 2.05) is 12.1 Å². The third kappa shape index (κ3) is 3.80. The molecule has 1 heterocycles. The van der Waals surface area contributed by atoms with Crippen LogP contribution >= 0.6 is 36.4 Å². The summed E-state index contributed by atoms with van der Waals surface area (Å²) >= 11 is 5.78. The van der Waals surface area contributed by atoms with Crippen molar-refractivity contribution >= 4 is 36.4 Å². The minimum Gasteiger partial charge on any atom is -0.325 e. The largest absolute Gasteiger partial charge is 0.325 e. The van der Waals surface area contributed by atoms with Crippen molar-refractivity contribution in [2.75, 3.05) is 0 Å². The van der Waals surface area contributed by atoms with Crippen LogP contribution in [0.25, 0.3) is 0 Å². The average molecular weight is 270 g/mol. The number of hydrogen-bond acceptors (Lipinski definition) is 2. The highest BCUT2D eigenvalue weighted by Crippen LogP contribution is 2.31. The molecule has 2 N–H and O–H groups in total. The number of aromatic nitrogens is 1. The van der Waals surface area contributed by atoms with Gasteiger partial charge in [-0.1, -0.05) is 17.7 Å². The molecule has 1 aliphatic carbocycles. The van der Waals surface area contributed by atoms with Gasteiger partial charge in [0, 0.05) is 17.7 Å². The van der Waals surface area contributed by atoms with Crippen molar-refractivity contribution < 1.29 is 0 Å². The van der Waals surface area contributed by atoms with Crippen molar-refractivity contribution in [1.29, 1.82) is 0 Å². The van der Waals surface area contributed by atoms with E-state index in [0.717, 1.165) is 25.0 Å². The van der Waals surface area contributed by atoms with Gasteiger partial charge < -0.3 is 5.73 Å². The number of pyridine rings is 1. The lowest BCUT2D eigenvalue weighted by atomic mass is 9.74. The van der Waals surface area contributed by atoms with Gasteiger partial charge in [-0.05, 0) is 31.4 Å². The van der Waals surface area contributed by atoms with E-state index in [1.165, 1.54) is 6.42 Å². The molecule has 1 fully saturated rings. The van der Waals surface area contributed by atoms with Crippen LogP contribution in [0.3, 0.4) is 0 Å². The van der Waals surface area contributed by atoms with Crippen molar-refractivity contribution in [3.8, 4) is 0 Å². The Morgan fingerprint density at radius 1 is 1.33 bits per heavy atom. The van der Waals surface area contributed by atoms with Crippen LogP contribution in [0.2, 0.25) is 5.15 Å². The molecule has 0 aliphatic heterocycles. The van der Waals surface area contributed by atoms with Gasteiger partial charge >= 0.3 is 0 Å². The van der Waals surface area contributed by atoms with E-state index < -0.39 is 0 Å². The molecule has 1 aromatic heterocycles. The zero-order chi connectivity index (χ0) is 9.31. The molecule has 0 amide bonds. The molecule has 1 aliphatic rings. The van der Waals surface area contributed by atoms with Crippen molar-refractivity contribution in [3.63, 3.8) is 0 Å². The second kappa shape index (κ2) is 5.90. The summed E-state index contributed by atoms with van der Waals surface area (Å²) in [6, 6.07) is 5.69. The highest BCUT2D eigenvalue weighted by atomic mass is 35.5. The summed E-state index contributed by atoms with van der Waals surface area (Å²) < 4.78 is 0. The van der Waals surface area contributed by atoms with E-state index >= 15 is 0 Å². The molecule has 15 heavy (non-hydrogen) atoms. The summed E-state index contributed by atoms with van der Waals surface area (Å²) in [4.78, 5) is 4.23. The van der Waals surface area contributed by atoms with Gasteiger partial charge in [0.2, 0.25) is 0 Å². The minimum absolute atomic E-state index is 0. The van der Waals surface area contributed by atoms with Crippen LogP contribution in [0.4, 0.5) is 0 Å². The molecule has 0 saturated heterocycles. The zero-order valence-corrected chi connectivity index (χ0v) is 10.7. The maximum absolute atomic E-state index is 6.10. The van der Waals surface area contributed by atoms with Crippen LogP contribution in [0.1, 0.15) is 25.0 Å². The van der Waals surface area contributed by atoms with Gasteiger partial charge in [-0.15, -0.1) is 24.8 Å². The van der Waals surface area contributed by atoms with Crippen LogP contribution in [-0.2, 0) is 6.42 Å². The number of rotatable bonds is 2. The Morgan fingerprint density at radius 3 is 2.47 bits per heavy atom. The Labute approximate surface area is 107 Å². The van der Waals surface area contributed by atoms with E-state index in [2.05, 4.69) is 4.98 Å². The summed E-state index contributed by atoms with van der Waals surface area (Å²) in [5.74, 6) is 0. The van der Waals surface area contributed by atoms with Crippen LogP contribution in [0, 0.1) is 0 Å². The van der Waals surface area contributed by atoms with Gasteiger partial charge in [0.1, 0.15) is 5.15 Å². The summed E-state index contributed by atoms with van der Waals surface area (Å²) in [5, 5.41) is 0.556. The summed E-state index contributed by atoms with van der Waals surface area (Å²) in [6.07, 6.45) is 4.33. The second-order valence-electron chi connectivity index (χ2n) is 3.84. The predicted molar refractivity (Wildman–Crippen MR) is 68.2 cm³/mol. The Morgan fingerprint density at radius 2 is 2.00 bits per heavy atom. The summed E-state index contributed by atoms with van der Waals surface area (Å²) in [7, 11) is 0. The predicted octanol–water partition coefficient (Wildman–Crippen LogP) is 3.00. The van der Waals surface area contributed by atoms with Crippen LogP contribution in [0.5, 0.6) is 0 Å². The normalized spacial score (nSPS) is 16.9. The molecule has 0 atom stereocenters. The topological polar surface area (TPSA) is 38.9 Å². The molecule has 0 aromatic carbocycles. The minimum atomic E-state index is -0.00230. The molecule has 1 aromatic rings. The zero-order valence-electron chi connectivity index (χ0n) is 8.28. The standard InChI is InChI=1S/C10H13ClN2.2ClH/c11-9-4-1-3-8(13-9)7-10(12)5-2-6-10;;/h1,3-4H,2,5-7,12H2;2*1H. The molecular formula is C10H15Cl3N2. The Kier molecular flexibility index (Phi) is 5.89. The highest BCUT2D eigenvalue weighted by molar-refractivity contribution is 6.29. The van der Waals surface area contributed by atoms with Crippen molar-refractivity contribution in [2.45, 2.75) is 31.2 Å². The van der Waals surface area contributed by atoms with Gasteiger partial charge in [0.15, 0.2) is 0 Å². The first-order valence-electron chi connectivity index (χ1n) is 4.58. The van der Waals surface area contributed by atoms with E-state index in [0.29, 0.717) is 5.15 Å². The van der Waals surface area contributed by atoms with E-state index in [1.54, 1.807) is 6.07 Å². The fraction of sp³-hybridized carbons (Fsp3) is 0.500. The van der Waals surface area contributed by atoms with Crippen molar-refractivity contribution in [2.24, 2.45) is 5.73 Å². The smallest absolute Gasteiger partial charge is 0.129 e. The first-order chi connectivity index (χ1) is 6.18. The number of nitrogens with zero attached hydrogens (tertiary/aromatic N) is 1. The average Bonchev–Trinajstić information content (AvgIpc) is 2.01. The molecule has 2 nitrogen and oxygen atoms in total. The summed E-state index contributed by atoms with van der Waals surface area (Å²) in [6.45, 7) is 0. The van der Waals surface area contributed by atoms with Gasteiger partial charge in [0.05, 0.1) is 0 Å². The molecule has 5 heteroatoms. The maximum Gasteiger partial charge on any atom is 0.129 e. The number of nitrogens with two attached hydrogens (primary N) is 1. The molecule has 0 unspecified atom stereocenters. The van der Waals surface area contributed by atoms with Crippen LogP contribution < -0.4 is 5.73 Å². The Balaban J connectivity index is 0.000000980. The monoisotopic (exact) mass is 268 g/mol. The fourth-order valence-electron chi connectivity index (χ4n) is 1.72. The quantitative estimate of drug-likeness (QED) is 0.838. The third-order valence-corrected chi connectivity index (χ3v) is 2.87. The van der Waals surface area contributed by atoms with Crippen molar-refractivity contribution in [3.05, 3.63) is 29.0 Å². The first kappa shape index (κ1) is 15.0. The third-order valence-electron chi connectivity index (χ3n) is 2.66. The summed E-state index contributed by atoms with van der Waals surface area (Å²) in [5.41, 5.74) is 7.11. The van der Waals surface area contributed by atoms with Crippen LogP contribution in [0.15, 0.2) is 18.2 Å². The lowest BCUT2D eigenvalue weighted by molar-refractivity contribution is 0.245. The number of hydrogen-bond donors (Lipinski definition) is 1. The first-order valence-corrected chi connectivity index (χ1v) is 4.96. The molecule has 86 valence electrons. The molecule has 0 spiro atoms. The molecule has 2 rings (SSSR count). The van der Waals surface area contributed by atoms with Gasteiger partial charge in [-0.2, -0.15) is 0 Å². The molecule has 0 bridgehead atoms. The van der Waals surface area contributed by atoms with E-state index in [-0.39, 0.29) is 30.4 Å². The Hall–Kier alpha value is -0.0200. The lowest BCUT2D eigenvalue weighted by Gasteiger charge is -2.37. The van der Waals surface area contributed by atoms with Gasteiger partial charge in [-0.3, -0.25) is 0 Å².